The number of methoxy groups -OCH3 is 1. The van der Waals surface area contributed by atoms with Gasteiger partial charge in [-0.3, -0.25) is 9.59 Å². The molecule has 8 nitrogen and oxygen atoms in total. The number of benzene rings is 2. The van der Waals surface area contributed by atoms with Crippen LogP contribution in [0.1, 0.15) is 54.0 Å². The maximum absolute atomic E-state index is 14.7. The van der Waals surface area contributed by atoms with E-state index in [0.29, 0.717) is 12.1 Å². The van der Waals surface area contributed by atoms with E-state index in [4.69, 9.17) is 9.47 Å². The Balaban J connectivity index is 0.00000441. The molecule has 0 fully saturated rings. The average Bonchev–Trinajstić information content (AvgIpc) is 3.16. The van der Waals surface area contributed by atoms with Gasteiger partial charge in [0.1, 0.15) is 35.2 Å². The van der Waals surface area contributed by atoms with Crippen LogP contribution in [0.25, 0.3) is 0 Å². The molecule has 0 spiro atoms. The number of rotatable bonds is 8. The van der Waals surface area contributed by atoms with Crippen molar-refractivity contribution < 1.29 is 36.6 Å². The molecule has 40 heavy (non-hydrogen) atoms. The van der Waals surface area contributed by atoms with Crippen molar-refractivity contribution in [1.29, 1.82) is 0 Å². The molecule has 216 valence electrons. The topological polar surface area (TPSA) is 92.3 Å². The number of carbonyl (C=O) groups is 2. The molecule has 0 bridgehead atoms. The molecular weight excluding hydrogens is 532 g/mol. The van der Waals surface area contributed by atoms with E-state index >= 15 is 0 Å². The molecule has 12 heteroatoms. The number of fused-ring (bicyclic) bond motifs is 1. The van der Waals surface area contributed by atoms with Gasteiger partial charge in [0.25, 0.3) is 11.8 Å². The number of amides is 2. The summed E-state index contributed by atoms with van der Waals surface area (Å²) in [6.45, 7) is 3.01. The fourth-order valence-electron chi connectivity index (χ4n) is 4.30. The van der Waals surface area contributed by atoms with Gasteiger partial charge >= 0.3 is 6.18 Å². The van der Waals surface area contributed by atoms with Crippen molar-refractivity contribution in [3.05, 3.63) is 64.7 Å². The molecular formula is C28H32F4N4O4. The van der Waals surface area contributed by atoms with Crippen molar-refractivity contribution >= 4 is 23.7 Å². The van der Waals surface area contributed by atoms with Crippen molar-refractivity contribution in [3.8, 4) is 11.5 Å². The highest BCUT2D eigenvalue weighted by Crippen LogP contribution is 2.44. The summed E-state index contributed by atoms with van der Waals surface area (Å²) < 4.78 is 68.3. The number of carbonyl (C=O) groups excluding carboxylic acids is 2. The number of hydrogen-bond donors (Lipinski definition) is 2. The van der Waals surface area contributed by atoms with Gasteiger partial charge < -0.3 is 25.0 Å². The minimum atomic E-state index is -4.72. The first-order chi connectivity index (χ1) is 18.3. The SMILES string of the molecule is C.COc1cc(C(=O)NC(C)C)c(F)cc1NC1=CCC(COc2cccc3c2C(=O)N(C)C3)(C(F)(F)F)C=N1. The Bertz CT molecular complexity index is 1360. The van der Waals surface area contributed by atoms with E-state index < -0.39 is 36.3 Å². The van der Waals surface area contributed by atoms with Crippen LogP contribution in [0.5, 0.6) is 11.5 Å². The van der Waals surface area contributed by atoms with Crippen molar-refractivity contribution in [2.24, 2.45) is 10.4 Å². The van der Waals surface area contributed by atoms with E-state index in [2.05, 4.69) is 15.6 Å². The smallest absolute Gasteiger partial charge is 0.402 e. The number of ether oxygens (including phenoxy) is 2. The lowest BCUT2D eigenvalue weighted by atomic mass is 9.84. The Morgan fingerprint density at radius 1 is 1.23 bits per heavy atom. The second-order valence-corrected chi connectivity index (χ2v) is 9.73. The van der Waals surface area contributed by atoms with Crippen molar-refractivity contribution in [3.63, 3.8) is 0 Å². The van der Waals surface area contributed by atoms with Gasteiger partial charge in [0.15, 0.2) is 0 Å². The fourth-order valence-corrected chi connectivity index (χ4v) is 4.30. The number of anilines is 1. The zero-order valence-electron chi connectivity index (χ0n) is 21.8. The molecule has 2 N–H and O–H groups in total. The molecule has 2 amide bonds. The van der Waals surface area contributed by atoms with Crippen molar-refractivity contribution in [2.45, 2.75) is 46.5 Å². The lowest BCUT2D eigenvalue weighted by molar-refractivity contribution is -0.203. The molecule has 2 aromatic carbocycles. The zero-order chi connectivity index (χ0) is 28.5. The number of nitrogens with one attached hydrogen (secondary N) is 2. The monoisotopic (exact) mass is 564 g/mol. The average molecular weight is 565 g/mol. The molecule has 0 saturated heterocycles. The van der Waals surface area contributed by atoms with Crippen LogP contribution in [0.3, 0.4) is 0 Å². The molecule has 1 atom stereocenters. The number of halogens is 4. The first kappa shape index (κ1) is 30.5. The first-order valence-electron chi connectivity index (χ1n) is 12.1. The summed E-state index contributed by atoms with van der Waals surface area (Å²) in [4.78, 5) is 30.1. The van der Waals surface area contributed by atoms with Crippen molar-refractivity contribution in [1.82, 2.24) is 10.2 Å². The molecule has 2 aromatic rings. The van der Waals surface area contributed by atoms with Crippen LogP contribution in [0.15, 0.2) is 47.2 Å². The quantitative estimate of drug-likeness (QED) is 0.411. The largest absolute Gasteiger partial charge is 0.495 e. The van der Waals surface area contributed by atoms with Crippen LogP contribution in [0.4, 0.5) is 23.2 Å². The highest BCUT2D eigenvalue weighted by molar-refractivity contribution is 6.00. The second kappa shape index (κ2) is 11.6. The van der Waals surface area contributed by atoms with Crippen LogP contribution in [-0.4, -0.2) is 55.9 Å². The summed E-state index contributed by atoms with van der Waals surface area (Å²) in [7, 11) is 2.92. The number of nitrogens with zero attached hydrogens (tertiary/aromatic N) is 2. The lowest BCUT2D eigenvalue weighted by Gasteiger charge is -2.33. The minimum Gasteiger partial charge on any atom is -0.495 e. The van der Waals surface area contributed by atoms with Gasteiger partial charge in [-0.2, -0.15) is 13.2 Å². The summed E-state index contributed by atoms with van der Waals surface area (Å²) in [5.41, 5.74) is -1.68. The Hall–Kier alpha value is -4.09. The van der Waals surface area contributed by atoms with Crippen molar-refractivity contribution in [2.75, 3.05) is 26.1 Å². The van der Waals surface area contributed by atoms with E-state index in [1.165, 1.54) is 30.2 Å². The number of allylic oxidation sites excluding steroid dienone is 1. The molecule has 0 saturated carbocycles. The fraction of sp³-hybridized carbons (Fsp3) is 0.393. The van der Waals surface area contributed by atoms with Gasteiger partial charge in [-0.05, 0) is 44.0 Å². The summed E-state index contributed by atoms with van der Waals surface area (Å²) in [6, 6.07) is 6.82. The Morgan fingerprint density at radius 2 is 1.95 bits per heavy atom. The van der Waals surface area contributed by atoms with Crippen LogP contribution >= 0.6 is 0 Å². The van der Waals surface area contributed by atoms with Gasteiger partial charge in [-0.1, -0.05) is 19.6 Å². The third-order valence-corrected chi connectivity index (χ3v) is 6.46. The Kier molecular flexibility index (Phi) is 8.81. The predicted molar refractivity (Wildman–Crippen MR) is 143 cm³/mol. The summed E-state index contributed by atoms with van der Waals surface area (Å²) in [5.74, 6) is -1.58. The van der Waals surface area contributed by atoms with E-state index in [-0.39, 0.29) is 53.5 Å². The molecule has 0 aromatic heterocycles. The lowest BCUT2D eigenvalue weighted by Crippen LogP contribution is -2.45. The summed E-state index contributed by atoms with van der Waals surface area (Å²) in [5, 5.41) is 5.35. The summed E-state index contributed by atoms with van der Waals surface area (Å²) >= 11 is 0. The van der Waals surface area contributed by atoms with E-state index in [1.54, 1.807) is 33.0 Å². The van der Waals surface area contributed by atoms with E-state index in [1.807, 2.05) is 0 Å². The molecule has 2 aliphatic rings. The number of hydrogen-bond acceptors (Lipinski definition) is 6. The third-order valence-electron chi connectivity index (χ3n) is 6.46. The van der Waals surface area contributed by atoms with Gasteiger partial charge in [-0.25, -0.2) is 9.38 Å². The van der Waals surface area contributed by atoms with Crippen LogP contribution in [0, 0.1) is 11.2 Å². The predicted octanol–water partition coefficient (Wildman–Crippen LogP) is 5.55. The minimum absolute atomic E-state index is 0. The van der Waals surface area contributed by atoms with E-state index in [9.17, 15) is 27.2 Å². The van der Waals surface area contributed by atoms with Gasteiger partial charge in [0.2, 0.25) is 0 Å². The van der Waals surface area contributed by atoms with Gasteiger partial charge in [0, 0.05) is 31.9 Å². The number of aliphatic imine (C=N–C) groups is 1. The molecule has 1 unspecified atom stereocenters. The maximum atomic E-state index is 14.7. The van der Waals surface area contributed by atoms with Crippen LogP contribution in [0.2, 0.25) is 0 Å². The first-order valence-corrected chi connectivity index (χ1v) is 12.1. The Morgan fingerprint density at radius 3 is 2.55 bits per heavy atom. The standard InChI is InChI=1S/C27H28F4N4O4.CH4/c1-15(2)33-24(36)17-10-21(38-4)19(11-18(17)28)34-22-8-9-26(13-32-22,27(29,30)31)14-39-20-7-5-6-16-12-35(3)25(37)23(16)20;/h5-8,10-11,13,15,34H,9,12,14H2,1-4H3,(H,33,36);1H4. The second-order valence-electron chi connectivity index (χ2n) is 9.73. The van der Waals surface area contributed by atoms with Gasteiger partial charge in [0.05, 0.1) is 23.9 Å². The van der Waals surface area contributed by atoms with Gasteiger partial charge in [-0.15, -0.1) is 0 Å². The molecule has 0 radical (unpaired) electrons. The van der Waals surface area contributed by atoms with Crippen LogP contribution in [-0.2, 0) is 6.54 Å². The molecule has 2 aliphatic heterocycles. The number of alkyl halides is 3. The normalized spacial score (nSPS) is 18.2. The van der Waals surface area contributed by atoms with Crippen LogP contribution < -0.4 is 20.1 Å². The highest BCUT2D eigenvalue weighted by atomic mass is 19.4. The molecule has 2 heterocycles. The highest BCUT2D eigenvalue weighted by Gasteiger charge is 2.55. The zero-order valence-corrected chi connectivity index (χ0v) is 21.8. The molecule has 0 aliphatic carbocycles. The maximum Gasteiger partial charge on any atom is 0.402 e. The summed E-state index contributed by atoms with van der Waals surface area (Å²) in [6.07, 6.45) is -3.26. The third kappa shape index (κ3) is 5.90. The van der Waals surface area contributed by atoms with E-state index in [0.717, 1.165) is 12.3 Å². The Labute approximate surface area is 230 Å². The molecule has 4 rings (SSSR count).